The summed E-state index contributed by atoms with van der Waals surface area (Å²) in [4.78, 5) is 4.44. The number of rotatable bonds is 4. The van der Waals surface area contributed by atoms with E-state index in [0.29, 0.717) is 12.6 Å². The molecule has 0 spiro atoms. The van der Waals surface area contributed by atoms with E-state index in [9.17, 15) is 0 Å². The van der Waals surface area contributed by atoms with Crippen LogP contribution in [0, 0.1) is 6.92 Å². The molecule has 1 heterocycles. The molecule has 0 unspecified atom stereocenters. The van der Waals surface area contributed by atoms with Crippen molar-refractivity contribution in [1.82, 2.24) is 9.55 Å². The number of ether oxygens (including phenoxy) is 1. The van der Waals surface area contributed by atoms with Crippen LogP contribution in [0.4, 0.5) is 0 Å². The highest BCUT2D eigenvalue weighted by Gasteiger charge is 2.08. The summed E-state index contributed by atoms with van der Waals surface area (Å²) < 4.78 is 7.71. The molecule has 0 aliphatic carbocycles. The average molecular weight is 196 g/mol. The fourth-order valence-electron chi connectivity index (χ4n) is 1.36. The Balaban J connectivity index is 2.74. The van der Waals surface area contributed by atoms with E-state index in [0.717, 1.165) is 11.5 Å². The molecule has 80 valence electrons. The number of aromatic nitrogens is 2. The SMILES string of the molecule is Cc1cn(C(C)C)c(COC(C)C)n1. The van der Waals surface area contributed by atoms with E-state index >= 15 is 0 Å². The Labute approximate surface area is 86.1 Å². The Hall–Kier alpha value is -0.830. The quantitative estimate of drug-likeness (QED) is 0.740. The maximum absolute atomic E-state index is 5.55. The van der Waals surface area contributed by atoms with E-state index < -0.39 is 0 Å². The molecule has 0 aliphatic heterocycles. The first kappa shape index (κ1) is 11.2. The summed E-state index contributed by atoms with van der Waals surface area (Å²) >= 11 is 0. The molecular weight excluding hydrogens is 176 g/mol. The Morgan fingerprint density at radius 3 is 2.50 bits per heavy atom. The normalized spacial score (nSPS) is 11.6. The highest BCUT2D eigenvalue weighted by atomic mass is 16.5. The van der Waals surface area contributed by atoms with Crippen LogP contribution in [0.5, 0.6) is 0 Å². The van der Waals surface area contributed by atoms with Crippen LogP contribution in [0.15, 0.2) is 6.20 Å². The van der Waals surface area contributed by atoms with Crippen molar-refractivity contribution in [3.8, 4) is 0 Å². The van der Waals surface area contributed by atoms with Gasteiger partial charge < -0.3 is 9.30 Å². The Morgan fingerprint density at radius 1 is 1.36 bits per heavy atom. The van der Waals surface area contributed by atoms with Crippen molar-refractivity contribution in [2.75, 3.05) is 0 Å². The van der Waals surface area contributed by atoms with Gasteiger partial charge in [-0.2, -0.15) is 0 Å². The van der Waals surface area contributed by atoms with E-state index in [1.807, 2.05) is 20.8 Å². The van der Waals surface area contributed by atoms with Crippen LogP contribution in [-0.2, 0) is 11.3 Å². The number of hydrogen-bond donors (Lipinski definition) is 0. The highest BCUT2D eigenvalue weighted by molar-refractivity contribution is 5.02. The second-order valence-electron chi connectivity index (χ2n) is 4.16. The maximum atomic E-state index is 5.55. The molecule has 3 nitrogen and oxygen atoms in total. The van der Waals surface area contributed by atoms with E-state index in [-0.39, 0.29) is 6.10 Å². The van der Waals surface area contributed by atoms with Gasteiger partial charge >= 0.3 is 0 Å². The molecule has 0 N–H and O–H groups in total. The third kappa shape index (κ3) is 2.84. The lowest BCUT2D eigenvalue weighted by Crippen LogP contribution is -2.10. The van der Waals surface area contributed by atoms with Gasteiger partial charge in [0.2, 0.25) is 0 Å². The molecule has 0 aliphatic rings. The minimum Gasteiger partial charge on any atom is -0.371 e. The molecule has 0 saturated carbocycles. The van der Waals surface area contributed by atoms with E-state index in [1.54, 1.807) is 0 Å². The maximum Gasteiger partial charge on any atom is 0.135 e. The molecule has 1 aromatic rings. The van der Waals surface area contributed by atoms with Crippen LogP contribution in [-0.4, -0.2) is 15.7 Å². The lowest BCUT2D eigenvalue weighted by Gasteiger charge is -2.12. The topological polar surface area (TPSA) is 27.1 Å². The Bertz CT molecular complexity index is 289. The highest BCUT2D eigenvalue weighted by Crippen LogP contribution is 2.12. The van der Waals surface area contributed by atoms with Crippen molar-refractivity contribution in [2.45, 2.75) is 53.4 Å². The molecular formula is C11H20N2O. The fraction of sp³-hybridized carbons (Fsp3) is 0.727. The standard InChI is InChI=1S/C11H20N2O/c1-8(2)13-6-10(5)12-11(13)7-14-9(3)4/h6,8-9H,7H2,1-5H3. The lowest BCUT2D eigenvalue weighted by molar-refractivity contribution is 0.0589. The van der Waals surface area contributed by atoms with Gasteiger partial charge in [-0.05, 0) is 34.6 Å². The smallest absolute Gasteiger partial charge is 0.135 e. The van der Waals surface area contributed by atoms with Crippen molar-refractivity contribution in [3.63, 3.8) is 0 Å². The number of imidazole rings is 1. The second kappa shape index (κ2) is 4.60. The first-order chi connectivity index (χ1) is 6.50. The van der Waals surface area contributed by atoms with Crippen molar-refractivity contribution in [1.29, 1.82) is 0 Å². The molecule has 3 heteroatoms. The van der Waals surface area contributed by atoms with Crippen molar-refractivity contribution in [3.05, 3.63) is 17.7 Å². The summed E-state index contributed by atoms with van der Waals surface area (Å²) in [5, 5.41) is 0. The molecule has 1 rings (SSSR count). The predicted octanol–water partition coefficient (Wildman–Crippen LogP) is 2.70. The van der Waals surface area contributed by atoms with Crippen LogP contribution >= 0.6 is 0 Å². The summed E-state index contributed by atoms with van der Waals surface area (Å²) in [6.45, 7) is 11.0. The molecule has 0 aromatic carbocycles. The van der Waals surface area contributed by atoms with Gasteiger partial charge in [0.15, 0.2) is 0 Å². The summed E-state index contributed by atoms with van der Waals surface area (Å²) in [6.07, 6.45) is 2.33. The van der Waals surface area contributed by atoms with Crippen LogP contribution in [0.3, 0.4) is 0 Å². The zero-order valence-corrected chi connectivity index (χ0v) is 9.74. The molecule has 0 saturated heterocycles. The second-order valence-corrected chi connectivity index (χ2v) is 4.16. The summed E-state index contributed by atoms with van der Waals surface area (Å²) in [5.74, 6) is 1.02. The predicted molar refractivity (Wildman–Crippen MR) is 57.3 cm³/mol. The van der Waals surface area contributed by atoms with Crippen molar-refractivity contribution < 1.29 is 4.74 Å². The zero-order chi connectivity index (χ0) is 10.7. The average Bonchev–Trinajstić information content (AvgIpc) is 2.43. The Morgan fingerprint density at radius 2 is 2.00 bits per heavy atom. The monoisotopic (exact) mass is 196 g/mol. The molecule has 0 atom stereocenters. The summed E-state index contributed by atoms with van der Waals surface area (Å²) in [7, 11) is 0. The molecule has 1 aromatic heterocycles. The van der Waals surface area contributed by atoms with Gasteiger partial charge in [0.25, 0.3) is 0 Å². The van der Waals surface area contributed by atoms with Gasteiger partial charge in [0, 0.05) is 12.2 Å². The van der Waals surface area contributed by atoms with Gasteiger partial charge in [0.1, 0.15) is 12.4 Å². The van der Waals surface area contributed by atoms with Gasteiger partial charge in [-0.3, -0.25) is 0 Å². The Kier molecular flexibility index (Phi) is 3.69. The first-order valence-corrected chi connectivity index (χ1v) is 5.16. The number of aryl methyl sites for hydroxylation is 1. The van der Waals surface area contributed by atoms with E-state index in [2.05, 4.69) is 29.6 Å². The number of hydrogen-bond acceptors (Lipinski definition) is 2. The van der Waals surface area contributed by atoms with Gasteiger partial charge in [-0.15, -0.1) is 0 Å². The minimum atomic E-state index is 0.257. The summed E-state index contributed by atoms with van der Waals surface area (Å²) in [6, 6.07) is 0.446. The van der Waals surface area contributed by atoms with Crippen LogP contribution in [0.2, 0.25) is 0 Å². The third-order valence-corrected chi connectivity index (χ3v) is 2.03. The molecule has 0 amide bonds. The molecule has 0 radical (unpaired) electrons. The first-order valence-electron chi connectivity index (χ1n) is 5.16. The zero-order valence-electron chi connectivity index (χ0n) is 9.74. The van der Waals surface area contributed by atoms with Gasteiger partial charge in [0.05, 0.1) is 11.8 Å². The lowest BCUT2D eigenvalue weighted by atomic mass is 10.4. The van der Waals surface area contributed by atoms with Crippen molar-refractivity contribution >= 4 is 0 Å². The number of nitrogens with zero attached hydrogens (tertiary/aromatic N) is 2. The van der Waals surface area contributed by atoms with Crippen molar-refractivity contribution in [2.24, 2.45) is 0 Å². The van der Waals surface area contributed by atoms with Crippen LogP contribution in [0.1, 0.15) is 45.3 Å². The molecule has 0 bridgehead atoms. The van der Waals surface area contributed by atoms with E-state index in [1.165, 1.54) is 0 Å². The van der Waals surface area contributed by atoms with E-state index in [4.69, 9.17) is 4.74 Å². The summed E-state index contributed by atoms with van der Waals surface area (Å²) in [5.41, 5.74) is 1.06. The third-order valence-electron chi connectivity index (χ3n) is 2.03. The van der Waals surface area contributed by atoms with Gasteiger partial charge in [-0.25, -0.2) is 4.98 Å². The van der Waals surface area contributed by atoms with Crippen LogP contribution < -0.4 is 0 Å². The fourth-order valence-corrected chi connectivity index (χ4v) is 1.36. The largest absolute Gasteiger partial charge is 0.371 e. The van der Waals surface area contributed by atoms with Gasteiger partial charge in [-0.1, -0.05) is 0 Å². The van der Waals surface area contributed by atoms with Crippen LogP contribution in [0.25, 0.3) is 0 Å². The molecule has 14 heavy (non-hydrogen) atoms. The molecule has 0 fully saturated rings. The minimum absolute atomic E-state index is 0.257.